The third-order valence-corrected chi connectivity index (χ3v) is 4.83. The number of benzene rings is 1. The molecule has 2 aliphatic heterocycles. The Morgan fingerprint density at radius 2 is 2.15 bits per heavy atom. The zero-order valence-corrected chi connectivity index (χ0v) is 12.1. The third-order valence-electron chi connectivity index (χ3n) is 3.77. The van der Waals surface area contributed by atoms with E-state index < -0.39 is 0 Å². The number of rotatable bonds is 1. The Bertz CT molecular complexity index is 532. The largest absolute Gasteiger partial charge is 0.343 e. The first kappa shape index (κ1) is 13.5. The van der Waals surface area contributed by atoms with E-state index in [-0.39, 0.29) is 17.9 Å². The summed E-state index contributed by atoms with van der Waals surface area (Å²) in [5.74, 6) is 1.48. The van der Waals surface area contributed by atoms with Crippen LogP contribution in [0.15, 0.2) is 24.3 Å². The Balaban J connectivity index is 1.82. The van der Waals surface area contributed by atoms with Gasteiger partial charge in [-0.2, -0.15) is 11.8 Å². The lowest BCUT2D eigenvalue weighted by molar-refractivity contribution is -0.126. The van der Waals surface area contributed by atoms with Gasteiger partial charge < -0.3 is 10.2 Å². The minimum absolute atomic E-state index is 0.0151. The summed E-state index contributed by atoms with van der Waals surface area (Å²) in [6, 6.07) is 7.66. The molecular weight excluding hydrogens is 272 g/mol. The second-order valence-electron chi connectivity index (χ2n) is 5.17. The van der Waals surface area contributed by atoms with Crippen LogP contribution in [0.4, 0.5) is 5.69 Å². The number of carbonyl (C=O) groups excluding carboxylic acids is 2. The molecule has 1 aromatic rings. The molecule has 2 heterocycles. The van der Waals surface area contributed by atoms with Crippen molar-refractivity contribution in [3.63, 3.8) is 0 Å². The highest BCUT2D eigenvalue weighted by Gasteiger charge is 2.30. The summed E-state index contributed by atoms with van der Waals surface area (Å²) in [7, 11) is 0. The Morgan fingerprint density at radius 1 is 1.30 bits per heavy atom. The molecule has 0 spiro atoms. The van der Waals surface area contributed by atoms with Crippen LogP contribution in [0.25, 0.3) is 0 Å². The average Bonchev–Trinajstić information content (AvgIpc) is 2.70. The smallest absolute Gasteiger partial charge is 0.250 e. The van der Waals surface area contributed by atoms with Crippen LogP contribution in [-0.4, -0.2) is 35.9 Å². The number of hydrogen-bond acceptors (Lipinski definition) is 3. The van der Waals surface area contributed by atoms with E-state index in [0.717, 1.165) is 30.8 Å². The summed E-state index contributed by atoms with van der Waals surface area (Å²) >= 11 is 1.67. The van der Waals surface area contributed by atoms with Crippen LogP contribution in [0.2, 0.25) is 0 Å². The summed E-state index contributed by atoms with van der Waals surface area (Å²) in [5, 5.41) is 2.86. The second-order valence-corrected chi connectivity index (χ2v) is 6.32. The maximum absolute atomic E-state index is 12.7. The molecule has 0 aromatic heterocycles. The normalized spacial score (nSPS) is 22.7. The summed E-state index contributed by atoms with van der Waals surface area (Å²) < 4.78 is 0. The van der Waals surface area contributed by atoms with Crippen molar-refractivity contribution in [2.24, 2.45) is 0 Å². The summed E-state index contributed by atoms with van der Waals surface area (Å²) in [5.41, 5.74) is 2.23. The Labute approximate surface area is 122 Å². The minimum atomic E-state index is -0.388. The predicted molar refractivity (Wildman–Crippen MR) is 81.0 cm³/mol. The monoisotopic (exact) mass is 290 g/mol. The molecule has 1 fully saturated rings. The average molecular weight is 290 g/mol. The highest BCUT2D eigenvalue weighted by Crippen LogP contribution is 2.27. The molecule has 5 heteroatoms. The molecule has 0 aliphatic carbocycles. The first-order valence-corrected chi connectivity index (χ1v) is 8.17. The molecule has 1 atom stereocenters. The zero-order valence-electron chi connectivity index (χ0n) is 11.3. The van der Waals surface area contributed by atoms with Crippen LogP contribution in [0.3, 0.4) is 0 Å². The molecule has 2 aliphatic rings. The van der Waals surface area contributed by atoms with Crippen molar-refractivity contribution in [1.82, 2.24) is 5.32 Å². The first-order chi connectivity index (χ1) is 9.75. The molecule has 0 bridgehead atoms. The molecule has 3 rings (SSSR count). The molecule has 1 aromatic carbocycles. The standard InChI is InChI=1S/C15H18N2O2S/c18-14-7-9-20-10-12(16-14)15(19)17-8-3-5-11-4-1-2-6-13(11)17/h1-2,4,6,12H,3,5,7-10H2,(H,16,18). The number of carbonyl (C=O) groups is 2. The highest BCUT2D eigenvalue weighted by atomic mass is 32.2. The van der Waals surface area contributed by atoms with Gasteiger partial charge in [0.2, 0.25) is 11.8 Å². The molecule has 20 heavy (non-hydrogen) atoms. The molecule has 1 N–H and O–H groups in total. The van der Waals surface area contributed by atoms with E-state index >= 15 is 0 Å². The van der Waals surface area contributed by atoms with E-state index in [2.05, 4.69) is 11.4 Å². The fraction of sp³-hybridized carbons (Fsp3) is 0.467. The van der Waals surface area contributed by atoms with Gasteiger partial charge in [-0.1, -0.05) is 18.2 Å². The highest BCUT2D eigenvalue weighted by molar-refractivity contribution is 7.99. The van der Waals surface area contributed by atoms with Gasteiger partial charge in [0.25, 0.3) is 0 Å². The number of para-hydroxylation sites is 1. The molecule has 106 valence electrons. The van der Waals surface area contributed by atoms with Gasteiger partial charge in [-0.05, 0) is 24.5 Å². The van der Waals surface area contributed by atoms with Crippen molar-refractivity contribution in [2.75, 3.05) is 23.0 Å². The fourth-order valence-electron chi connectivity index (χ4n) is 2.76. The third kappa shape index (κ3) is 2.68. The van der Waals surface area contributed by atoms with Crippen molar-refractivity contribution < 1.29 is 9.59 Å². The number of nitrogens with zero attached hydrogens (tertiary/aromatic N) is 1. The fourth-order valence-corrected chi connectivity index (χ4v) is 3.72. The van der Waals surface area contributed by atoms with Crippen molar-refractivity contribution in [3.8, 4) is 0 Å². The Kier molecular flexibility index (Phi) is 3.96. The van der Waals surface area contributed by atoms with Crippen LogP contribution < -0.4 is 10.2 Å². The summed E-state index contributed by atoms with van der Waals surface area (Å²) in [4.78, 5) is 26.2. The van der Waals surface area contributed by atoms with E-state index in [0.29, 0.717) is 12.2 Å². The van der Waals surface area contributed by atoms with Gasteiger partial charge in [-0.3, -0.25) is 9.59 Å². The van der Waals surface area contributed by atoms with Crippen molar-refractivity contribution >= 4 is 29.3 Å². The van der Waals surface area contributed by atoms with Gasteiger partial charge in [0, 0.05) is 30.2 Å². The number of nitrogens with one attached hydrogen (secondary N) is 1. The number of hydrogen-bond donors (Lipinski definition) is 1. The molecular formula is C15H18N2O2S. The Morgan fingerprint density at radius 3 is 3.05 bits per heavy atom. The lowest BCUT2D eigenvalue weighted by Crippen LogP contribution is -2.50. The van der Waals surface area contributed by atoms with Crippen LogP contribution in [-0.2, 0) is 16.0 Å². The number of thioether (sulfide) groups is 1. The van der Waals surface area contributed by atoms with Crippen molar-refractivity contribution in [3.05, 3.63) is 29.8 Å². The second kappa shape index (κ2) is 5.87. The zero-order chi connectivity index (χ0) is 13.9. The first-order valence-electron chi connectivity index (χ1n) is 7.02. The molecule has 4 nitrogen and oxygen atoms in total. The van der Waals surface area contributed by atoms with Crippen molar-refractivity contribution in [2.45, 2.75) is 25.3 Å². The van der Waals surface area contributed by atoms with Crippen LogP contribution >= 0.6 is 11.8 Å². The van der Waals surface area contributed by atoms with E-state index in [1.165, 1.54) is 5.56 Å². The van der Waals surface area contributed by atoms with Crippen LogP contribution in [0, 0.1) is 0 Å². The number of amides is 2. The lowest BCUT2D eigenvalue weighted by Gasteiger charge is -2.32. The van der Waals surface area contributed by atoms with Gasteiger partial charge >= 0.3 is 0 Å². The van der Waals surface area contributed by atoms with Gasteiger partial charge in [0.15, 0.2) is 0 Å². The molecule has 0 saturated carbocycles. The van der Waals surface area contributed by atoms with E-state index in [1.807, 2.05) is 23.1 Å². The molecule has 1 unspecified atom stereocenters. The van der Waals surface area contributed by atoms with Crippen LogP contribution in [0.5, 0.6) is 0 Å². The van der Waals surface area contributed by atoms with Crippen LogP contribution in [0.1, 0.15) is 18.4 Å². The summed E-state index contributed by atoms with van der Waals surface area (Å²) in [6.45, 7) is 0.743. The number of fused-ring (bicyclic) bond motifs is 1. The number of anilines is 1. The van der Waals surface area contributed by atoms with E-state index in [4.69, 9.17) is 0 Å². The SMILES string of the molecule is O=C1CCSCC(C(=O)N2CCCc3ccccc32)N1. The maximum Gasteiger partial charge on any atom is 0.250 e. The minimum Gasteiger partial charge on any atom is -0.343 e. The van der Waals surface area contributed by atoms with E-state index in [9.17, 15) is 9.59 Å². The maximum atomic E-state index is 12.7. The molecule has 1 saturated heterocycles. The Hall–Kier alpha value is -1.49. The molecule has 2 amide bonds. The van der Waals surface area contributed by atoms with Gasteiger partial charge in [-0.25, -0.2) is 0 Å². The predicted octanol–water partition coefficient (Wildman–Crippen LogP) is 1.59. The van der Waals surface area contributed by atoms with Gasteiger partial charge in [-0.15, -0.1) is 0 Å². The number of aryl methyl sites for hydroxylation is 1. The molecule has 0 radical (unpaired) electrons. The van der Waals surface area contributed by atoms with E-state index in [1.54, 1.807) is 11.8 Å². The topological polar surface area (TPSA) is 49.4 Å². The lowest BCUT2D eigenvalue weighted by atomic mass is 10.0. The van der Waals surface area contributed by atoms with Gasteiger partial charge in [0.1, 0.15) is 6.04 Å². The quantitative estimate of drug-likeness (QED) is 0.854. The summed E-state index contributed by atoms with van der Waals surface area (Å²) in [6.07, 6.45) is 2.51. The van der Waals surface area contributed by atoms with Gasteiger partial charge in [0.05, 0.1) is 0 Å². The van der Waals surface area contributed by atoms with Crippen molar-refractivity contribution in [1.29, 1.82) is 0 Å².